The number of nitro benzene ring substituents is 1. The van der Waals surface area contributed by atoms with E-state index >= 15 is 0 Å². The highest BCUT2D eigenvalue weighted by atomic mass is 79.9. The van der Waals surface area contributed by atoms with Crippen LogP contribution in [0.25, 0.3) is 0 Å². The third-order valence-corrected chi connectivity index (χ3v) is 4.13. The van der Waals surface area contributed by atoms with Crippen LogP contribution in [0, 0.1) is 10.1 Å². The third kappa shape index (κ3) is 3.65. The molecule has 0 amide bonds. The Morgan fingerprint density at radius 3 is 2.61 bits per heavy atom. The summed E-state index contributed by atoms with van der Waals surface area (Å²) < 4.78 is 3.05. The predicted molar refractivity (Wildman–Crippen MR) is 91.4 cm³/mol. The van der Waals surface area contributed by atoms with Crippen molar-refractivity contribution in [1.82, 2.24) is 9.55 Å². The second kappa shape index (κ2) is 6.75. The molecule has 0 atom stereocenters. The molecule has 1 heterocycles. The highest BCUT2D eigenvalue weighted by Gasteiger charge is 2.15. The average molecular weight is 372 g/mol. The third-order valence-electron chi connectivity index (χ3n) is 3.60. The Hall–Kier alpha value is -2.47. The fraction of sp³-hybridized carbons (Fsp3) is 0.118. The van der Waals surface area contributed by atoms with Gasteiger partial charge in [-0.1, -0.05) is 46.3 Å². The summed E-state index contributed by atoms with van der Waals surface area (Å²) in [5.41, 5.74) is 1.95. The molecule has 0 fully saturated rings. The van der Waals surface area contributed by atoms with E-state index in [-0.39, 0.29) is 10.6 Å². The summed E-state index contributed by atoms with van der Waals surface area (Å²) >= 11 is 3.42. The lowest BCUT2D eigenvalue weighted by Gasteiger charge is -2.08. The number of imidazole rings is 1. The van der Waals surface area contributed by atoms with E-state index in [1.165, 1.54) is 6.07 Å². The zero-order valence-electron chi connectivity index (χ0n) is 12.2. The monoisotopic (exact) mass is 371 g/mol. The van der Waals surface area contributed by atoms with Gasteiger partial charge in [0, 0.05) is 41.5 Å². The molecule has 23 heavy (non-hydrogen) atoms. The standard InChI is InChI=1S/C17H14BrN3O2/c18-15-7-5-13(6-8-15)12-20-10-9-19-17(20)11-14-3-1-2-4-16(14)21(22)23/h1-10H,11-12H2. The average Bonchev–Trinajstić information content (AvgIpc) is 2.97. The van der Waals surface area contributed by atoms with Crippen molar-refractivity contribution >= 4 is 21.6 Å². The van der Waals surface area contributed by atoms with Crippen LogP contribution in [0.1, 0.15) is 17.0 Å². The van der Waals surface area contributed by atoms with Crippen molar-refractivity contribution in [3.05, 3.63) is 92.5 Å². The van der Waals surface area contributed by atoms with Crippen LogP contribution in [0.15, 0.2) is 65.4 Å². The number of para-hydroxylation sites is 1. The number of hydrogen-bond donors (Lipinski definition) is 0. The van der Waals surface area contributed by atoms with Gasteiger partial charge in [0.05, 0.1) is 4.92 Å². The number of nitrogens with zero attached hydrogens (tertiary/aromatic N) is 3. The maximum atomic E-state index is 11.1. The molecule has 0 aliphatic carbocycles. The van der Waals surface area contributed by atoms with Crippen LogP contribution in [-0.4, -0.2) is 14.5 Å². The Morgan fingerprint density at radius 2 is 1.87 bits per heavy atom. The van der Waals surface area contributed by atoms with Gasteiger partial charge in [-0.2, -0.15) is 0 Å². The molecular formula is C17H14BrN3O2. The van der Waals surface area contributed by atoms with Gasteiger partial charge >= 0.3 is 0 Å². The van der Waals surface area contributed by atoms with E-state index in [1.54, 1.807) is 18.3 Å². The van der Waals surface area contributed by atoms with Crippen LogP contribution in [0.2, 0.25) is 0 Å². The molecule has 0 radical (unpaired) electrons. The largest absolute Gasteiger partial charge is 0.330 e. The minimum Gasteiger partial charge on any atom is -0.330 e. The predicted octanol–water partition coefficient (Wildman–Crippen LogP) is 4.19. The number of halogens is 1. The van der Waals surface area contributed by atoms with Crippen LogP contribution < -0.4 is 0 Å². The van der Waals surface area contributed by atoms with E-state index in [0.29, 0.717) is 18.5 Å². The van der Waals surface area contributed by atoms with E-state index in [9.17, 15) is 10.1 Å². The van der Waals surface area contributed by atoms with Crippen LogP contribution in [0.3, 0.4) is 0 Å². The molecule has 0 aliphatic heterocycles. The first-order chi connectivity index (χ1) is 11.1. The van der Waals surface area contributed by atoms with Gasteiger partial charge in [0.1, 0.15) is 5.82 Å². The molecule has 3 aromatic rings. The molecule has 0 aliphatic rings. The van der Waals surface area contributed by atoms with Gasteiger partial charge in [-0.15, -0.1) is 0 Å². The van der Waals surface area contributed by atoms with Gasteiger partial charge in [-0.25, -0.2) is 4.98 Å². The fourth-order valence-electron chi connectivity index (χ4n) is 2.45. The quantitative estimate of drug-likeness (QED) is 0.498. The number of nitro groups is 1. The normalized spacial score (nSPS) is 10.7. The highest BCUT2D eigenvalue weighted by molar-refractivity contribution is 9.10. The van der Waals surface area contributed by atoms with E-state index in [0.717, 1.165) is 15.9 Å². The van der Waals surface area contributed by atoms with Crippen molar-refractivity contribution in [3.63, 3.8) is 0 Å². The van der Waals surface area contributed by atoms with Gasteiger partial charge in [0.2, 0.25) is 0 Å². The number of benzene rings is 2. The Bertz CT molecular complexity index is 828. The van der Waals surface area contributed by atoms with Gasteiger partial charge in [-0.05, 0) is 17.7 Å². The number of hydrogen-bond acceptors (Lipinski definition) is 3. The van der Waals surface area contributed by atoms with E-state index < -0.39 is 0 Å². The topological polar surface area (TPSA) is 61.0 Å². The summed E-state index contributed by atoms with van der Waals surface area (Å²) in [4.78, 5) is 15.1. The molecule has 0 saturated heterocycles. The van der Waals surface area contributed by atoms with Gasteiger partial charge < -0.3 is 4.57 Å². The SMILES string of the molecule is O=[N+]([O-])c1ccccc1Cc1nccn1Cc1ccc(Br)cc1. The lowest BCUT2D eigenvalue weighted by Crippen LogP contribution is -2.06. The lowest BCUT2D eigenvalue weighted by atomic mass is 10.1. The first kappa shape index (κ1) is 15.4. The van der Waals surface area contributed by atoms with Crippen molar-refractivity contribution in [3.8, 4) is 0 Å². The molecule has 1 aromatic heterocycles. The summed E-state index contributed by atoms with van der Waals surface area (Å²) in [7, 11) is 0. The number of aromatic nitrogens is 2. The Morgan fingerprint density at radius 1 is 1.13 bits per heavy atom. The van der Waals surface area contributed by atoms with Crippen molar-refractivity contribution in [2.75, 3.05) is 0 Å². The van der Waals surface area contributed by atoms with E-state index in [2.05, 4.69) is 20.9 Å². The zero-order chi connectivity index (χ0) is 16.2. The van der Waals surface area contributed by atoms with Crippen molar-refractivity contribution in [2.45, 2.75) is 13.0 Å². The van der Waals surface area contributed by atoms with Crippen molar-refractivity contribution in [2.24, 2.45) is 0 Å². The minimum absolute atomic E-state index is 0.130. The second-order valence-corrected chi connectivity index (χ2v) is 6.08. The van der Waals surface area contributed by atoms with Gasteiger partial charge in [0.15, 0.2) is 0 Å². The van der Waals surface area contributed by atoms with Crippen LogP contribution in [0.4, 0.5) is 5.69 Å². The molecule has 6 heteroatoms. The maximum Gasteiger partial charge on any atom is 0.273 e. The Balaban J connectivity index is 1.84. The van der Waals surface area contributed by atoms with E-state index in [1.807, 2.05) is 41.1 Å². The van der Waals surface area contributed by atoms with Gasteiger partial charge in [0.25, 0.3) is 5.69 Å². The molecule has 0 unspecified atom stereocenters. The molecule has 3 rings (SSSR count). The minimum atomic E-state index is -0.350. The molecule has 0 N–H and O–H groups in total. The Labute approximate surface area is 141 Å². The first-order valence-corrected chi connectivity index (χ1v) is 7.89. The fourth-order valence-corrected chi connectivity index (χ4v) is 2.71. The number of rotatable bonds is 5. The second-order valence-electron chi connectivity index (χ2n) is 5.16. The van der Waals surface area contributed by atoms with Crippen LogP contribution >= 0.6 is 15.9 Å². The van der Waals surface area contributed by atoms with Crippen LogP contribution in [0.5, 0.6) is 0 Å². The highest BCUT2D eigenvalue weighted by Crippen LogP contribution is 2.21. The van der Waals surface area contributed by atoms with Crippen LogP contribution in [-0.2, 0) is 13.0 Å². The molecule has 0 spiro atoms. The van der Waals surface area contributed by atoms with Gasteiger partial charge in [-0.3, -0.25) is 10.1 Å². The van der Waals surface area contributed by atoms with Crippen molar-refractivity contribution < 1.29 is 4.92 Å². The molecule has 0 bridgehead atoms. The molecular weight excluding hydrogens is 358 g/mol. The van der Waals surface area contributed by atoms with E-state index in [4.69, 9.17) is 0 Å². The first-order valence-electron chi connectivity index (χ1n) is 7.10. The summed E-state index contributed by atoms with van der Waals surface area (Å²) in [5.74, 6) is 0.808. The van der Waals surface area contributed by atoms with Crippen molar-refractivity contribution in [1.29, 1.82) is 0 Å². The molecule has 116 valence electrons. The lowest BCUT2D eigenvalue weighted by molar-refractivity contribution is -0.385. The summed E-state index contributed by atoms with van der Waals surface area (Å²) in [6.07, 6.45) is 4.05. The summed E-state index contributed by atoms with van der Waals surface area (Å²) in [5, 5.41) is 11.1. The smallest absolute Gasteiger partial charge is 0.273 e. The Kier molecular flexibility index (Phi) is 4.52. The molecule has 5 nitrogen and oxygen atoms in total. The molecule has 0 saturated carbocycles. The molecule has 2 aromatic carbocycles. The summed E-state index contributed by atoms with van der Waals surface area (Å²) in [6.45, 7) is 0.684. The zero-order valence-corrected chi connectivity index (χ0v) is 13.8. The summed E-state index contributed by atoms with van der Waals surface area (Å²) in [6, 6.07) is 14.9. The maximum absolute atomic E-state index is 11.1.